The average molecular weight is 278 g/mol. The lowest BCUT2D eigenvalue weighted by molar-refractivity contribution is 0.624. The summed E-state index contributed by atoms with van der Waals surface area (Å²) in [5.74, 6) is -0.926. The van der Waals surface area contributed by atoms with Gasteiger partial charge >= 0.3 is 0 Å². The highest BCUT2D eigenvalue weighted by atomic mass is 32.1. The van der Waals surface area contributed by atoms with Crippen LogP contribution in [0.3, 0.4) is 0 Å². The van der Waals surface area contributed by atoms with Crippen molar-refractivity contribution in [1.29, 1.82) is 0 Å². The summed E-state index contributed by atoms with van der Waals surface area (Å²) in [4.78, 5) is -0.00822. The molecule has 5 heteroatoms. The maximum Gasteiger partial charge on any atom is 0.146 e. The fraction of sp³-hybridized carbons (Fsp3) is 0.0714. The molecule has 0 heterocycles. The molecule has 0 unspecified atom stereocenters. The highest BCUT2D eigenvalue weighted by molar-refractivity contribution is 7.80. The van der Waals surface area contributed by atoms with Crippen LogP contribution in [0.1, 0.15) is 11.1 Å². The second-order valence-electron chi connectivity index (χ2n) is 4.12. The number of hydrogen-bond acceptors (Lipinski definition) is 2. The van der Waals surface area contributed by atoms with Gasteiger partial charge < -0.3 is 11.1 Å². The number of benzene rings is 2. The van der Waals surface area contributed by atoms with Gasteiger partial charge in [0.05, 0.1) is 5.69 Å². The predicted octanol–water partition coefficient (Wildman–Crippen LogP) is 3.65. The first-order chi connectivity index (χ1) is 8.99. The summed E-state index contributed by atoms with van der Waals surface area (Å²) >= 11 is 4.72. The molecule has 0 saturated heterocycles. The van der Waals surface area contributed by atoms with Gasteiger partial charge in [-0.2, -0.15) is 0 Å². The molecule has 2 rings (SSSR count). The van der Waals surface area contributed by atoms with Crippen LogP contribution in [0.5, 0.6) is 0 Å². The van der Waals surface area contributed by atoms with E-state index in [1.54, 1.807) is 25.1 Å². The number of para-hydroxylation sites is 1. The fourth-order valence-electron chi connectivity index (χ4n) is 1.73. The monoisotopic (exact) mass is 278 g/mol. The lowest BCUT2D eigenvalue weighted by Crippen LogP contribution is -2.11. The third-order valence-corrected chi connectivity index (χ3v) is 2.95. The van der Waals surface area contributed by atoms with Crippen molar-refractivity contribution in [2.75, 3.05) is 5.32 Å². The van der Waals surface area contributed by atoms with Crippen LogP contribution in [0, 0.1) is 18.6 Å². The number of anilines is 2. The van der Waals surface area contributed by atoms with E-state index in [0.717, 1.165) is 5.56 Å². The Hall–Kier alpha value is -2.01. The van der Waals surface area contributed by atoms with Crippen molar-refractivity contribution in [2.24, 2.45) is 5.73 Å². The SMILES string of the molecule is Cc1cccc(F)c1Nc1ccc(C(N)=S)c(F)c1. The summed E-state index contributed by atoms with van der Waals surface area (Å²) in [6.07, 6.45) is 0. The third-order valence-electron chi connectivity index (χ3n) is 2.73. The van der Waals surface area contributed by atoms with E-state index in [9.17, 15) is 8.78 Å². The van der Waals surface area contributed by atoms with E-state index < -0.39 is 5.82 Å². The quantitative estimate of drug-likeness (QED) is 0.842. The van der Waals surface area contributed by atoms with Crippen LogP contribution < -0.4 is 11.1 Å². The molecular weight excluding hydrogens is 266 g/mol. The average Bonchev–Trinajstić information content (AvgIpc) is 2.33. The predicted molar refractivity (Wildman–Crippen MR) is 76.7 cm³/mol. The van der Waals surface area contributed by atoms with Crippen molar-refractivity contribution in [3.63, 3.8) is 0 Å². The first-order valence-corrected chi connectivity index (χ1v) is 6.01. The summed E-state index contributed by atoms with van der Waals surface area (Å²) in [5, 5.41) is 2.85. The molecule has 2 aromatic rings. The summed E-state index contributed by atoms with van der Waals surface area (Å²) in [7, 11) is 0. The number of nitrogens with one attached hydrogen (secondary N) is 1. The van der Waals surface area contributed by atoms with Gasteiger partial charge in [0.1, 0.15) is 16.6 Å². The van der Waals surface area contributed by atoms with E-state index >= 15 is 0 Å². The van der Waals surface area contributed by atoms with Gasteiger partial charge in [-0.3, -0.25) is 0 Å². The second kappa shape index (κ2) is 5.32. The Bertz CT molecular complexity index is 621. The Balaban J connectivity index is 2.34. The van der Waals surface area contributed by atoms with Crippen LogP contribution >= 0.6 is 12.2 Å². The molecule has 0 aliphatic carbocycles. The normalized spacial score (nSPS) is 10.3. The van der Waals surface area contributed by atoms with E-state index in [4.69, 9.17) is 18.0 Å². The van der Waals surface area contributed by atoms with Gasteiger partial charge in [-0.25, -0.2) is 8.78 Å². The molecule has 0 fully saturated rings. The van der Waals surface area contributed by atoms with Gasteiger partial charge in [0.25, 0.3) is 0 Å². The van der Waals surface area contributed by atoms with Crippen molar-refractivity contribution >= 4 is 28.6 Å². The van der Waals surface area contributed by atoms with Crippen LogP contribution in [0.4, 0.5) is 20.2 Å². The van der Waals surface area contributed by atoms with Gasteiger partial charge in [0.15, 0.2) is 0 Å². The van der Waals surface area contributed by atoms with Crippen LogP contribution in [0.25, 0.3) is 0 Å². The molecule has 0 aromatic heterocycles. The third kappa shape index (κ3) is 2.88. The van der Waals surface area contributed by atoms with Crippen molar-refractivity contribution < 1.29 is 8.78 Å². The topological polar surface area (TPSA) is 38.0 Å². The largest absolute Gasteiger partial charge is 0.389 e. The first kappa shape index (κ1) is 13.4. The molecular formula is C14H12F2N2S. The van der Waals surface area contributed by atoms with Crippen LogP contribution in [0.15, 0.2) is 36.4 Å². The molecule has 0 atom stereocenters. The lowest BCUT2D eigenvalue weighted by atomic mass is 10.1. The highest BCUT2D eigenvalue weighted by Crippen LogP contribution is 2.24. The molecule has 0 aliphatic heterocycles. The Morgan fingerprint density at radius 3 is 2.47 bits per heavy atom. The summed E-state index contributed by atoms with van der Waals surface area (Å²) in [6.45, 7) is 1.77. The smallest absolute Gasteiger partial charge is 0.146 e. The Morgan fingerprint density at radius 1 is 1.16 bits per heavy atom. The molecule has 19 heavy (non-hydrogen) atoms. The van der Waals surface area contributed by atoms with Gasteiger partial charge in [-0.15, -0.1) is 0 Å². The maximum absolute atomic E-state index is 13.7. The lowest BCUT2D eigenvalue weighted by Gasteiger charge is -2.11. The van der Waals surface area contributed by atoms with Crippen molar-refractivity contribution in [1.82, 2.24) is 0 Å². The number of nitrogens with two attached hydrogens (primary N) is 1. The van der Waals surface area contributed by atoms with Crippen molar-refractivity contribution in [2.45, 2.75) is 6.92 Å². The molecule has 98 valence electrons. The number of thiocarbonyl (C=S) groups is 1. The molecule has 0 bridgehead atoms. The highest BCUT2D eigenvalue weighted by Gasteiger charge is 2.09. The molecule has 2 aromatic carbocycles. The standard InChI is InChI=1S/C14H12F2N2S/c1-8-3-2-4-11(15)13(8)18-9-5-6-10(14(17)19)12(16)7-9/h2-7,18H,1H3,(H2,17,19). The Morgan fingerprint density at radius 2 is 1.89 bits per heavy atom. The van der Waals surface area contributed by atoms with Crippen LogP contribution in [-0.4, -0.2) is 4.99 Å². The van der Waals surface area contributed by atoms with Crippen molar-refractivity contribution in [3.8, 4) is 0 Å². The number of halogens is 2. The van der Waals surface area contributed by atoms with Gasteiger partial charge in [0, 0.05) is 11.3 Å². The zero-order valence-corrected chi connectivity index (χ0v) is 11.0. The summed E-state index contributed by atoms with van der Waals surface area (Å²) < 4.78 is 27.4. The van der Waals surface area contributed by atoms with Crippen LogP contribution in [0.2, 0.25) is 0 Å². The minimum absolute atomic E-state index is 0.00822. The zero-order chi connectivity index (χ0) is 14.0. The van der Waals surface area contributed by atoms with E-state index in [1.165, 1.54) is 18.2 Å². The minimum Gasteiger partial charge on any atom is -0.389 e. The molecule has 2 nitrogen and oxygen atoms in total. The summed E-state index contributed by atoms with van der Waals surface area (Å²) in [6, 6.07) is 9.03. The summed E-state index contributed by atoms with van der Waals surface area (Å²) in [5.41, 5.74) is 7.04. The number of hydrogen-bond donors (Lipinski definition) is 2. The van der Waals surface area contributed by atoms with Gasteiger partial charge in [-0.05, 0) is 36.8 Å². The molecule has 0 radical (unpaired) electrons. The first-order valence-electron chi connectivity index (χ1n) is 5.60. The Labute approximate surface area is 115 Å². The zero-order valence-electron chi connectivity index (χ0n) is 10.2. The Kier molecular flexibility index (Phi) is 3.76. The van der Waals surface area contributed by atoms with Gasteiger partial charge in [-0.1, -0.05) is 24.4 Å². The van der Waals surface area contributed by atoms with Crippen LogP contribution in [-0.2, 0) is 0 Å². The maximum atomic E-state index is 13.7. The minimum atomic E-state index is -0.536. The molecule has 0 saturated carbocycles. The second-order valence-corrected chi connectivity index (χ2v) is 4.56. The van der Waals surface area contributed by atoms with E-state index in [0.29, 0.717) is 11.4 Å². The van der Waals surface area contributed by atoms with E-state index in [2.05, 4.69) is 5.32 Å². The number of rotatable bonds is 3. The van der Waals surface area contributed by atoms with Crippen molar-refractivity contribution in [3.05, 3.63) is 59.2 Å². The number of aryl methyl sites for hydroxylation is 1. The molecule has 3 N–H and O–H groups in total. The molecule has 0 spiro atoms. The fourth-order valence-corrected chi connectivity index (χ4v) is 1.89. The molecule has 0 amide bonds. The van der Waals surface area contributed by atoms with Gasteiger partial charge in [0.2, 0.25) is 0 Å². The van der Waals surface area contributed by atoms with E-state index in [-0.39, 0.29) is 16.4 Å². The van der Waals surface area contributed by atoms with E-state index in [1.807, 2.05) is 0 Å². The molecule has 0 aliphatic rings.